The van der Waals surface area contributed by atoms with Crippen LogP contribution in [-0.2, 0) is 13.0 Å². The van der Waals surface area contributed by atoms with Gasteiger partial charge in [0.05, 0.1) is 17.8 Å². The molecule has 31 heavy (non-hydrogen) atoms. The third-order valence-electron chi connectivity index (χ3n) is 6.44. The van der Waals surface area contributed by atoms with E-state index in [0.29, 0.717) is 11.7 Å². The number of phenols is 1. The van der Waals surface area contributed by atoms with Crippen LogP contribution in [0.15, 0.2) is 79.3 Å². The number of fused-ring (bicyclic) bond motifs is 1. The Bertz CT molecular complexity index is 1060. The second kappa shape index (κ2) is 8.90. The minimum Gasteiger partial charge on any atom is -0.508 e. The fourth-order valence-corrected chi connectivity index (χ4v) is 5.00. The van der Waals surface area contributed by atoms with Crippen LogP contribution in [0.5, 0.6) is 5.75 Å². The summed E-state index contributed by atoms with van der Waals surface area (Å²) < 4.78 is 0. The van der Waals surface area contributed by atoms with Gasteiger partial charge in [0.25, 0.3) is 0 Å². The second-order valence-corrected chi connectivity index (χ2v) is 8.43. The first-order valence-electron chi connectivity index (χ1n) is 11.1. The maximum atomic E-state index is 9.78. The number of aromatic amines is 1. The third kappa shape index (κ3) is 4.19. The van der Waals surface area contributed by atoms with Crippen molar-refractivity contribution >= 4 is 0 Å². The first-order chi connectivity index (χ1) is 15.3. The standard InChI is InChI=1S/C26H28N4O/c31-22-13-11-19(12-14-22)18-30(23-10-4-8-20-9-5-15-27-24(20)23)25(26-28-16-17-29-26)21-6-2-1-3-7-21/h1-3,5-6,9,11-17,21,23,25,31H,4,7-8,10,18H2,(H,28,29). The minimum absolute atomic E-state index is 0.1000. The predicted octanol–water partition coefficient (Wildman–Crippen LogP) is 5.26. The summed E-state index contributed by atoms with van der Waals surface area (Å²) in [4.78, 5) is 15.5. The normalized spacial score (nSPS) is 21.2. The number of nitrogens with one attached hydrogen (secondary N) is 1. The number of benzene rings is 1. The molecular weight excluding hydrogens is 384 g/mol. The molecule has 5 nitrogen and oxygen atoms in total. The van der Waals surface area contributed by atoms with Gasteiger partial charge in [0.15, 0.2) is 0 Å². The first-order valence-corrected chi connectivity index (χ1v) is 11.1. The van der Waals surface area contributed by atoms with Gasteiger partial charge in [0, 0.05) is 31.1 Å². The van der Waals surface area contributed by atoms with Crippen molar-refractivity contribution in [2.75, 3.05) is 0 Å². The minimum atomic E-state index is 0.1000. The first kappa shape index (κ1) is 19.8. The summed E-state index contributed by atoms with van der Waals surface area (Å²) in [6, 6.07) is 12.1. The fraction of sp³-hybridized carbons (Fsp3) is 0.308. The van der Waals surface area contributed by atoms with Crippen molar-refractivity contribution in [3.63, 3.8) is 0 Å². The van der Waals surface area contributed by atoms with Crippen LogP contribution in [0, 0.1) is 5.92 Å². The van der Waals surface area contributed by atoms with Gasteiger partial charge in [-0.15, -0.1) is 0 Å². The molecule has 0 saturated carbocycles. The molecule has 0 spiro atoms. The molecule has 2 aliphatic carbocycles. The van der Waals surface area contributed by atoms with Crippen molar-refractivity contribution in [2.45, 2.75) is 44.3 Å². The van der Waals surface area contributed by atoms with Gasteiger partial charge in [-0.25, -0.2) is 4.98 Å². The Morgan fingerprint density at radius 1 is 1.10 bits per heavy atom. The summed E-state index contributed by atoms with van der Waals surface area (Å²) in [5.41, 5.74) is 3.72. The zero-order valence-corrected chi connectivity index (χ0v) is 17.6. The van der Waals surface area contributed by atoms with Gasteiger partial charge >= 0.3 is 0 Å². The summed E-state index contributed by atoms with van der Waals surface area (Å²) in [5, 5.41) is 9.78. The molecule has 5 heteroatoms. The average Bonchev–Trinajstić information content (AvgIpc) is 3.35. The summed E-state index contributed by atoms with van der Waals surface area (Å²) in [5.74, 6) is 1.61. The Hall–Kier alpha value is -3.18. The Balaban J connectivity index is 1.59. The number of allylic oxidation sites excluding steroid dienone is 3. The molecule has 0 fully saturated rings. The number of phenolic OH excluding ortho intramolecular Hbond substituents is 1. The molecule has 3 unspecified atom stereocenters. The van der Waals surface area contributed by atoms with Crippen LogP contribution in [0.4, 0.5) is 0 Å². The molecular formula is C26H28N4O. The van der Waals surface area contributed by atoms with E-state index in [1.807, 2.05) is 36.8 Å². The van der Waals surface area contributed by atoms with E-state index in [0.717, 1.165) is 38.1 Å². The van der Waals surface area contributed by atoms with Crippen molar-refractivity contribution in [3.8, 4) is 5.75 Å². The Morgan fingerprint density at radius 3 is 2.77 bits per heavy atom. The van der Waals surface area contributed by atoms with Crippen LogP contribution in [0.3, 0.4) is 0 Å². The molecule has 0 amide bonds. The molecule has 3 atom stereocenters. The maximum absolute atomic E-state index is 9.78. The van der Waals surface area contributed by atoms with Crippen molar-refractivity contribution < 1.29 is 5.11 Å². The zero-order valence-electron chi connectivity index (χ0n) is 17.6. The topological polar surface area (TPSA) is 65.0 Å². The number of aryl methyl sites for hydroxylation is 1. The molecule has 5 rings (SSSR count). The lowest BCUT2D eigenvalue weighted by Crippen LogP contribution is -2.38. The number of aromatic hydroxyl groups is 1. The lowest BCUT2D eigenvalue weighted by molar-refractivity contribution is 0.0760. The largest absolute Gasteiger partial charge is 0.508 e. The summed E-state index contributed by atoms with van der Waals surface area (Å²) in [7, 11) is 0. The smallest absolute Gasteiger partial charge is 0.124 e. The average molecular weight is 413 g/mol. The van der Waals surface area contributed by atoms with Gasteiger partial charge in [-0.05, 0) is 55.0 Å². The molecule has 2 N–H and O–H groups in total. The molecule has 3 aromatic rings. The quantitative estimate of drug-likeness (QED) is 0.579. The SMILES string of the molecule is Oc1ccc(CN(C2CCCc3cccnc32)C(c2ncc[nH]2)C2C=CC=CC2)cc1. The summed E-state index contributed by atoms with van der Waals surface area (Å²) in [6.07, 6.45) is 18.8. The summed E-state index contributed by atoms with van der Waals surface area (Å²) in [6.45, 7) is 0.764. The highest BCUT2D eigenvalue weighted by Gasteiger charge is 2.37. The Morgan fingerprint density at radius 2 is 2.00 bits per heavy atom. The van der Waals surface area contributed by atoms with E-state index in [1.54, 1.807) is 12.1 Å². The van der Waals surface area contributed by atoms with Gasteiger partial charge in [-0.1, -0.05) is 42.5 Å². The van der Waals surface area contributed by atoms with Crippen LogP contribution in [0.25, 0.3) is 0 Å². The lowest BCUT2D eigenvalue weighted by atomic mass is 9.85. The van der Waals surface area contributed by atoms with Gasteiger partial charge in [-0.2, -0.15) is 0 Å². The van der Waals surface area contributed by atoms with E-state index in [2.05, 4.69) is 40.3 Å². The van der Waals surface area contributed by atoms with E-state index in [1.165, 1.54) is 16.8 Å². The van der Waals surface area contributed by atoms with Crippen molar-refractivity contribution in [2.24, 2.45) is 5.92 Å². The number of imidazole rings is 1. The van der Waals surface area contributed by atoms with E-state index in [9.17, 15) is 5.11 Å². The number of H-pyrrole nitrogens is 1. The van der Waals surface area contributed by atoms with Crippen LogP contribution >= 0.6 is 0 Å². The molecule has 0 radical (unpaired) electrons. The number of nitrogens with zero attached hydrogens (tertiary/aromatic N) is 3. The number of hydrogen-bond acceptors (Lipinski definition) is 4. The monoisotopic (exact) mass is 412 g/mol. The summed E-state index contributed by atoms with van der Waals surface area (Å²) >= 11 is 0. The van der Waals surface area contributed by atoms with Crippen LogP contribution < -0.4 is 0 Å². The van der Waals surface area contributed by atoms with Crippen LogP contribution in [0.2, 0.25) is 0 Å². The van der Waals surface area contributed by atoms with Crippen LogP contribution in [-0.4, -0.2) is 25.0 Å². The Kier molecular flexibility index (Phi) is 5.67. The number of hydrogen-bond donors (Lipinski definition) is 2. The fourth-order valence-electron chi connectivity index (χ4n) is 5.00. The van der Waals surface area contributed by atoms with E-state index in [4.69, 9.17) is 9.97 Å². The molecule has 0 bridgehead atoms. The van der Waals surface area contributed by atoms with Gasteiger partial charge < -0.3 is 10.1 Å². The van der Waals surface area contributed by atoms with Crippen molar-refractivity contribution in [3.05, 3.63) is 102 Å². The highest BCUT2D eigenvalue weighted by molar-refractivity contribution is 5.29. The number of rotatable bonds is 6. The van der Waals surface area contributed by atoms with E-state index < -0.39 is 0 Å². The lowest BCUT2D eigenvalue weighted by Gasteiger charge is -2.42. The van der Waals surface area contributed by atoms with Crippen molar-refractivity contribution in [1.82, 2.24) is 19.9 Å². The highest BCUT2D eigenvalue weighted by Crippen LogP contribution is 2.42. The molecule has 0 aliphatic heterocycles. The molecule has 1 aromatic carbocycles. The highest BCUT2D eigenvalue weighted by atomic mass is 16.3. The number of pyridine rings is 1. The molecule has 2 heterocycles. The van der Waals surface area contributed by atoms with Crippen molar-refractivity contribution in [1.29, 1.82) is 0 Å². The van der Waals surface area contributed by atoms with Gasteiger partial charge in [-0.3, -0.25) is 9.88 Å². The molecule has 2 aliphatic rings. The van der Waals surface area contributed by atoms with E-state index in [-0.39, 0.29) is 12.1 Å². The molecule has 158 valence electrons. The van der Waals surface area contributed by atoms with Gasteiger partial charge in [0.1, 0.15) is 11.6 Å². The van der Waals surface area contributed by atoms with Crippen LogP contribution in [0.1, 0.15) is 54.0 Å². The zero-order chi connectivity index (χ0) is 21.0. The Labute approximate surface area is 183 Å². The molecule has 0 saturated heterocycles. The maximum Gasteiger partial charge on any atom is 0.124 e. The third-order valence-corrected chi connectivity index (χ3v) is 6.44. The van der Waals surface area contributed by atoms with Gasteiger partial charge in [0.2, 0.25) is 0 Å². The number of aromatic nitrogens is 3. The second-order valence-electron chi connectivity index (χ2n) is 8.43. The van der Waals surface area contributed by atoms with E-state index >= 15 is 0 Å². The predicted molar refractivity (Wildman–Crippen MR) is 121 cm³/mol. The molecule has 2 aromatic heterocycles.